The number of halogens is 1. The van der Waals surface area contributed by atoms with E-state index in [1.807, 2.05) is 24.3 Å². The van der Waals surface area contributed by atoms with Crippen molar-refractivity contribution in [2.75, 3.05) is 38.6 Å². The minimum atomic E-state index is -0.321. The zero-order valence-corrected chi connectivity index (χ0v) is 21.8. The van der Waals surface area contributed by atoms with Gasteiger partial charge in [-0.05, 0) is 69.9 Å². The Morgan fingerprint density at radius 3 is 2.74 bits per heavy atom. The van der Waals surface area contributed by atoms with Crippen LogP contribution in [0.5, 0.6) is 0 Å². The van der Waals surface area contributed by atoms with E-state index >= 15 is 0 Å². The van der Waals surface area contributed by atoms with Gasteiger partial charge in [-0.2, -0.15) is 0 Å². The van der Waals surface area contributed by atoms with Gasteiger partial charge in [-0.25, -0.2) is 0 Å². The maximum Gasteiger partial charge on any atom is 0.253 e. The van der Waals surface area contributed by atoms with E-state index in [0.717, 1.165) is 56.1 Å². The number of aliphatic imine (C=N–C) groups is 1. The lowest BCUT2D eigenvalue weighted by Gasteiger charge is -2.21. The van der Waals surface area contributed by atoms with Crippen LogP contribution in [0.25, 0.3) is 0 Å². The Morgan fingerprint density at radius 1 is 1.32 bits per heavy atom. The van der Waals surface area contributed by atoms with E-state index in [4.69, 9.17) is 4.74 Å². The summed E-state index contributed by atoms with van der Waals surface area (Å²) in [5.41, 5.74) is 1.87. The highest BCUT2D eigenvalue weighted by atomic mass is 127. The average molecular weight is 546 g/mol. The van der Waals surface area contributed by atoms with E-state index in [1.54, 1.807) is 7.05 Å². The van der Waals surface area contributed by atoms with Crippen LogP contribution in [0.3, 0.4) is 0 Å². The third kappa shape index (κ3) is 10.2. The van der Waals surface area contributed by atoms with Crippen molar-refractivity contribution in [2.45, 2.75) is 65.1 Å². The van der Waals surface area contributed by atoms with Gasteiger partial charge in [0.1, 0.15) is 6.10 Å². The molecule has 7 nitrogen and oxygen atoms in total. The van der Waals surface area contributed by atoms with Crippen LogP contribution in [0, 0.1) is 0 Å². The van der Waals surface area contributed by atoms with Crippen molar-refractivity contribution in [1.29, 1.82) is 0 Å². The number of hydrogen-bond acceptors (Lipinski definition) is 4. The number of rotatable bonds is 11. The molecule has 2 rings (SSSR count). The number of guanidine groups is 1. The van der Waals surface area contributed by atoms with E-state index < -0.39 is 0 Å². The van der Waals surface area contributed by atoms with Crippen molar-refractivity contribution in [2.24, 2.45) is 4.99 Å². The zero-order chi connectivity index (χ0) is 21.8. The number of anilines is 1. The number of nitrogens with one attached hydrogen (secondary N) is 3. The SMILES string of the molecule is CCN(CC)CCCC(C)NC(=NC)NCc1cccc(NC(=O)C2CCCO2)c1.I. The number of hydrogen-bond donors (Lipinski definition) is 3. The average Bonchev–Trinajstić information content (AvgIpc) is 3.29. The zero-order valence-electron chi connectivity index (χ0n) is 19.4. The molecule has 1 aliphatic heterocycles. The minimum absolute atomic E-state index is 0. The Kier molecular flexibility index (Phi) is 13.7. The number of ether oxygens (including phenoxy) is 1. The molecule has 0 aromatic heterocycles. The van der Waals surface area contributed by atoms with E-state index in [0.29, 0.717) is 19.2 Å². The van der Waals surface area contributed by atoms with Gasteiger partial charge in [0.05, 0.1) is 0 Å². The molecule has 1 aromatic carbocycles. The van der Waals surface area contributed by atoms with Crippen LogP contribution in [0.2, 0.25) is 0 Å². The van der Waals surface area contributed by atoms with Gasteiger partial charge in [0.25, 0.3) is 5.91 Å². The Morgan fingerprint density at radius 2 is 2.10 bits per heavy atom. The molecule has 1 amide bonds. The summed E-state index contributed by atoms with van der Waals surface area (Å²) in [6.45, 7) is 11.3. The molecule has 0 radical (unpaired) electrons. The highest BCUT2D eigenvalue weighted by Gasteiger charge is 2.23. The number of carbonyl (C=O) groups is 1. The Hall–Kier alpha value is -1.39. The largest absolute Gasteiger partial charge is 0.368 e. The van der Waals surface area contributed by atoms with Crippen LogP contribution < -0.4 is 16.0 Å². The van der Waals surface area contributed by atoms with Crippen molar-refractivity contribution in [1.82, 2.24) is 15.5 Å². The van der Waals surface area contributed by atoms with Crippen LogP contribution in [0.15, 0.2) is 29.3 Å². The first-order valence-corrected chi connectivity index (χ1v) is 11.3. The number of amides is 1. The van der Waals surface area contributed by atoms with E-state index in [-0.39, 0.29) is 36.0 Å². The third-order valence-corrected chi connectivity index (χ3v) is 5.49. The van der Waals surface area contributed by atoms with Gasteiger partial charge in [0.2, 0.25) is 0 Å². The van der Waals surface area contributed by atoms with Crippen molar-refractivity contribution in [3.05, 3.63) is 29.8 Å². The lowest BCUT2D eigenvalue weighted by molar-refractivity contribution is -0.124. The van der Waals surface area contributed by atoms with Gasteiger partial charge in [-0.3, -0.25) is 9.79 Å². The van der Waals surface area contributed by atoms with Gasteiger partial charge in [-0.1, -0.05) is 26.0 Å². The van der Waals surface area contributed by atoms with Crippen molar-refractivity contribution in [3.63, 3.8) is 0 Å². The summed E-state index contributed by atoms with van der Waals surface area (Å²) < 4.78 is 5.45. The van der Waals surface area contributed by atoms with Crippen molar-refractivity contribution in [3.8, 4) is 0 Å². The van der Waals surface area contributed by atoms with Gasteiger partial charge in [-0.15, -0.1) is 24.0 Å². The van der Waals surface area contributed by atoms with Gasteiger partial charge in [0, 0.05) is 31.9 Å². The molecule has 2 unspecified atom stereocenters. The monoisotopic (exact) mass is 545 g/mol. The lowest BCUT2D eigenvalue weighted by Crippen LogP contribution is -2.42. The lowest BCUT2D eigenvalue weighted by atomic mass is 10.1. The maximum absolute atomic E-state index is 12.2. The van der Waals surface area contributed by atoms with Crippen LogP contribution in [-0.2, 0) is 16.1 Å². The second-order valence-electron chi connectivity index (χ2n) is 7.83. The molecule has 3 N–H and O–H groups in total. The summed E-state index contributed by atoms with van der Waals surface area (Å²) in [5.74, 6) is 0.729. The van der Waals surface area contributed by atoms with E-state index in [1.165, 1.54) is 6.42 Å². The molecule has 0 spiro atoms. The Balaban J connectivity index is 0.00000480. The Bertz CT molecular complexity index is 676. The van der Waals surface area contributed by atoms with Crippen LogP contribution in [-0.4, -0.2) is 62.2 Å². The third-order valence-electron chi connectivity index (χ3n) is 5.49. The summed E-state index contributed by atoms with van der Waals surface area (Å²) in [6.07, 6.45) is 3.68. The standard InChI is InChI=1S/C23H39N5O2.HI/c1-5-28(6-2)14-8-10-18(3)26-23(24-4)25-17-19-11-7-12-20(16-19)27-22(29)21-13-9-15-30-21;/h7,11-12,16,18,21H,5-6,8-10,13-15,17H2,1-4H3,(H,27,29)(H2,24,25,26);1H. The van der Waals surface area contributed by atoms with Gasteiger partial charge < -0.3 is 25.6 Å². The molecular formula is C23H40IN5O2. The molecular weight excluding hydrogens is 505 g/mol. The van der Waals surface area contributed by atoms with Crippen LogP contribution in [0.4, 0.5) is 5.69 Å². The van der Waals surface area contributed by atoms with Crippen molar-refractivity contribution >= 4 is 41.5 Å². The summed E-state index contributed by atoms with van der Waals surface area (Å²) in [5, 5.41) is 9.79. The molecule has 1 aromatic rings. The first-order chi connectivity index (χ1) is 14.5. The summed E-state index contributed by atoms with van der Waals surface area (Å²) in [4.78, 5) is 19.0. The first kappa shape index (κ1) is 27.6. The smallest absolute Gasteiger partial charge is 0.253 e. The van der Waals surface area contributed by atoms with Gasteiger partial charge >= 0.3 is 0 Å². The fraction of sp³-hybridized carbons (Fsp3) is 0.652. The molecule has 0 bridgehead atoms. The minimum Gasteiger partial charge on any atom is -0.368 e. The molecule has 0 saturated carbocycles. The quantitative estimate of drug-likeness (QED) is 0.225. The molecule has 1 heterocycles. The fourth-order valence-electron chi connectivity index (χ4n) is 3.61. The molecule has 31 heavy (non-hydrogen) atoms. The highest BCUT2D eigenvalue weighted by Crippen LogP contribution is 2.16. The number of benzene rings is 1. The summed E-state index contributed by atoms with van der Waals surface area (Å²) in [6, 6.07) is 8.23. The second kappa shape index (κ2) is 15.4. The van der Waals surface area contributed by atoms with Crippen molar-refractivity contribution < 1.29 is 9.53 Å². The molecule has 1 aliphatic rings. The first-order valence-electron chi connectivity index (χ1n) is 11.3. The Labute approximate surface area is 204 Å². The topological polar surface area (TPSA) is 78.0 Å². The molecule has 176 valence electrons. The predicted octanol–water partition coefficient (Wildman–Crippen LogP) is 3.60. The van der Waals surface area contributed by atoms with Crippen LogP contribution >= 0.6 is 24.0 Å². The van der Waals surface area contributed by atoms with E-state index in [2.05, 4.69) is 46.6 Å². The molecule has 2 atom stereocenters. The fourth-order valence-corrected chi connectivity index (χ4v) is 3.61. The molecule has 0 aliphatic carbocycles. The normalized spacial score (nSPS) is 17.2. The summed E-state index contributed by atoms with van der Waals surface area (Å²) >= 11 is 0. The molecule has 8 heteroatoms. The molecule has 1 saturated heterocycles. The van der Waals surface area contributed by atoms with E-state index in [9.17, 15) is 4.79 Å². The molecule has 1 fully saturated rings. The number of carbonyl (C=O) groups excluding carboxylic acids is 1. The second-order valence-corrected chi connectivity index (χ2v) is 7.83. The highest BCUT2D eigenvalue weighted by molar-refractivity contribution is 14.0. The predicted molar refractivity (Wildman–Crippen MR) is 139 cm³/mol. The summed E-state index contributed by atoms with van der Waals surface area (Å²) in [7, 11) is 1.79. The number of nitrogens with zero attached hydrogens (tertiary/aromatic N) is 2. The van der Waals surface area contributed by atoms with Gasteiger partial charge in [0.15, 0.2) is 5.96 Å². The van der Waals surface area contributed by atoms with Crippen LogP contribution in [0.1, 0.15) is 52.0 Å². The maximum atomic E-state index is 12.2.